The first-order valence-corrected chi connectivity index (χ1v) is 6.27. The minimum absolute atomic E-state index is 0.0846. The molecule has 1 aromatic rings. The van der Waals surface area contributed by atoms with Crippen LogP contribution in [0.5, 0.6) is 0 Å². The Balaban J connectivity index is 2.70. The Labute approximate surface area is 117 Å². The van der Waals surface area contributed by atoms with Crippen molar-refractivity contribution in [3.05, 3.63) is 28.9 Å². The highest BCUT2D eigenvalue weighted by Gasteiger charge is 2.62. The summed E-state index contributed by atoms with van der Waals surface area (Å²) in [5.74, 6) is 1.05. The molecule has 0 amide bonds. The molecule has 1 aromatic heterocycles. The topological polar surface area (TPSA) is 95.3 Å². The molecule has 0 saturated carbocycles. The van der Waals surface area contributed by atoms with Crippen LogP contribution in [-0.2, 0) is 0 Å². The molecule has 1 aliphatic rings. The molecule has 1 aliphatic heterocycles. The lowest BCUT2D eigenvalue weighted by molar-refractivity contribution is -0.560. The average molecular weight is 281 g/mol. The van der Waals surface area contributed by atoms with Crippen molar-refractivity contribution in [2.45, 2.75) is 45.8 Å². The van der Waals surface area contributed by atoms with E-state index in [1.807, 2.05) is 0 Å². The van der Waals surface area contributed by atoms with E-state index in [9.17, 15) is 10.4 Å². The van der Waals surface area contributed by atoms with Gasteiger partial charge in [0.1, 0.15) is 17.0 Å². The average Bonchev–Trinajstić information content (AvgIpc) is 2.85. The third kappa shape index (κ3) is 1.66. The number of aryl methyl sites for hydroxylation is 1. The fourth-order valence-corrected chi connectivity index (χ4v) is 2.56. The largest absolute Gasteiger partial charge is 0.622 e. The van der Waals surface area contributed by atoms with Crippen LogP contribution >= 0.6 is 0 Å². The molecule has 2 N–H and O–H groups in total. The molecule has 0 unspecified atom stereocenters. The standard InChI is InChI=1S/C13H19N3O4/c1-8-6-7-10(20-8)11-12(3,4)16(19)13(5,15(11)18)9(2)14-17/h6-7,17,19H,1-5H3/b14-9-/t13-/m1/s1. The second-order valence-electron chi connectivity index (χ2n) is 5.63. The van der Waals surface area contributed by atoms with E-state index in [-0.39, 0.29) is 11.4 Å². The molecule has 0 spiro atoms. The van der Waals surface area contributed by atoms with Crippen LogP contribution in [0.25, 0.3) is 0 Å². The van der Waals surface area contributed by atoms with Gasteiger partial charge in [0.05, 0.1) is 0 Å². The number of furan rings is 1. The van der Waals surface area contributed by atoms with Crippen molar-refractivity contribution in [3.63, 3.8) is 0 Å². The van der Waals surface area contributed by atoms with Crippen LogP contribution in [0.15, 0.2) is 21.7 Å². The van der Waals surface area contributed by atoms with Crippen molar-refractivity contribution in [1.82, 2.24) is 5.06 Å². The van der Waals surface area contributed by atoms with E-state index in [2.05, 4.69) is 5.16 Å². The zero-order valence-electron chi connectivity index (χ0n) is 12.2. The molecule has 7 heteroatoms. The van der Waals surface area contributed by atoms with Gasteiger partial charge in [0.25, 0.3) is 11.4 Å². The summed E-state index contributed by atoms with van der Waals surface area (Å²) >= 11 is 0. The van der Waals surface area contributed by atoms with E-state index in [0.29, 0.717) is 16.3 Å². The summed E-state index contributed by atoms with van der Waals surface area (Å²) in [4.78, 5) is 0. The van der Waals surface area contributed by atoms with Crippen LogP contribution in [0.4, 0.5) is 0 Å². The van der Waals surface area contributed by atoms with Crippen molar-refractivity contribution < 1.29 is 19.6 Å². The Kier molecular flexibility index (Phi) is 3.14. The quantitative estimate of drug-likeness (QED) is 0.284. The van der Waals surface area contributed by atoms with Gasteiger partial charge in [0.15, 0.2) is 5.76 Å². The lowest BCUT2D eigenvalue weighted by Gasteiger charge is -2.31. The molecule has 110 valence electrons. The normalized spacial score (nSPS) is 27.4. The third-order valence-electron chi connectivity index (χ3n) is 3.93. The van der Waals surface area contributed by atoms with E-state index >= 15 is 0 Å². The summed E-state index contributed by atoms with van der Waals surface area (Å²) in [6, 6.07) is 3.43. The smallest absolute Gasteiger partial charge is 0.290 e. The fourth-order valence-electron chi connectivity index (χ4n) is 2.56. The molecule has 0 saturated heterocycles. The third-order valence-corrected chi connectivity index (χ3v) is 3.93. The number of oxime groups is 1. The Morgan fingerprint density at radius 2 is 2.00 bits per heavy atom. The Bertz CT molecular complexity index is 603. The molecular formula is C13H19N3O4. The number of hydrogen-bond acceptors (Lipinski definition) is 6. The van der Waals surface area contributed by atoms with Crippen LogP contribution in [0.1, 0.15) is 39.2 Å². The van der Waals surface area contributed by atoms with Crippen LogP contribution in [0, 0.1) is 12.1 Å². The van der Waals surface area contributed by atoms with Crippen LogP contribution < -0.4 is 0 Å². The molecule has 7 nitrogen and oxygen atoms in total. The van der Waals surface area contributed by atoms with E-state index in [4.69, 9.17) is 9.62 Å². The zero-order chi connectivity index (χ0) is 15.3. The van der Waals surface area contributed by atoms with E-state index in [0.717, 1.165) is 5.06 Å². The maximum Gasteiger partial charge on any atom is 0.290 e. The molecule has 0 radical (unpaired) electrons. The van der Waals surface area contributed by atoms with Crippen LogP contribution in [-0.4, -0.2) is 42.8 Å². The molecule has 2 rings (SSSR count). The van der Waals surface area contributed by atoms with Gasteiger partial charge in [0.2, 0.25) is 0 Å². The van der Waals surface area contributed by atoms with Gasteiger partial charge in [-0.3, -0.25) is 0 Å². The first-order valence-electron chi connectivity index (χ1n) is 6.27. The maximum absolute atomic E-state index is 12.7. The van der Waals surface area contributed by atoms with Gasteiger partial charge in [-0.1, -0.05) is 5.16 Å². The van der Waals surface area contributed by atoms with Crippen molar-refractivity contribution in [3.8, 4) is 0 Å². The SMILES string of the molecule is C/C(=N/O)[C@@]1(C)N(O)C(C)(C)C(c2ccc(C)o2)=[N+]1[O-]. The highest BCUT2D eigenvalue weighted by atomic mass is 16.6. The summed E-state index contributed by atoms with van der Waals surface area (Å²) in [7, 11) is 0. The first-order chi connectivity index (χ1) is 9.17. The fraction of sp³-hybridized carbons (Fsp3) is 0.538. The summed E-state index contributed by atoms with van der Waals surface area (Å²) in [6.45, 7) is 8.12. The zero-order valence-corrected chi connectivity index (χ0v) is 12.2. The molecule has 0 aromatic carbocycles. The Hall–Kier alpha value is -1.86. The minimum Gasteiger partial charge on any atom is -0.622 e. The molecule has 0 fully saturated rings. The summed E-state index contributed by atoms with van der Waals surface area (Å²) in [5, 5.41) is 36.0. The molecule has 0 bridgehead atoms. The highest BCUT2D eigenvalue weighted by Crippen LogP contribution is 2.36. The number of rotatable bonds is 2. The van der Waals surface area contributed by atoms with Gasteiger partial charge < -0.3 is 20.0 Å². The first kappa shape index (κ1) is 14.5. The van der Waals surface area contributed by atoms with Gasteiger partial charge in [-0.25, -0.2) is 0 Å². The molecule has 1 atom stereocenters. The maximum atomic E-state index is 12.7. The Morgan fingerprint density at radius 1 is 1.40 bits per heavy atom. The van der Waals surface area contributed by atoms with E-state index in [1.54, 1.807) is 32.9 Å². The van der Waals surface area contributed by atoms with E-state index in [1.165, 1.54) is 13.8 Å². The van der Waals surface area contributed by atoms with Crippen molar-refractivity contribution >= 4 is 11.4 Å². The number of nitrogens with zero attached hydrogens (tertiary/aromatic N) is 3. The van der Waals surface area contributed by atoms with Crippen molar-refractivity contribution in [1.29, 1.82) is 0 Å². The highest BCUT2D eigenvalue weighted by molar-refractivity contribution is 6.04. The molecule has 0 aliphatic carbocycles. The summed E-state index contributed by atoms with van der Waals surface area (Å²) in [5.41, 5.74) is -2.12. The lowest BCUT2D eigenvalue weighted by atomic mass is 9.96. The van der Waals surface area contributed by atoms with Crippen molar-refractivity contribution in [2.75, 3.05) is 0 Å². The van der Waals surface area contributed by atoms with Gasteiger partial charge in [-0.15, -0.1) is 5.06 Å². The molecule has 20 heavy (non-hydrogen) atoms. The van der Waals surface area contributed by atoms with Gasteiger partial charge in [0, 0.05) is 6.92 Å². The van der Waals surface area contributed by atoms with Crippen LogP contribution in [0.3, 0.4) is 0 Å². The predicted molar refractivity (Wildman–Crippen MR) is 72.2 cm³/mol. The monoisotopic (exact) mass is 281 g/mol. The van der Waals surface area contributed by atoms with Gasteiger partial charge >= 0.3 is 0 Å². The number of hydroxylamine groups is 3. The lowest BCUT2D eigenvalue weighted by Crippen LogP contribution is -2.57. The summed E-state index contributed by atoms with van der Waals surface area (Å²) < 4.78 is 6.13. The number of hydrogen-bond donors (Lipinski definition) is 2. The van der Waals surface area contributed by atoms with E-state index < -0.39 is 11.2 Å². The molecule has 2 heterocycles. The summed E-state index contributed by atoms with van der Waals surface area (Å²) in [6.07, 6.45) is 0. The minimum atomic E-state index is -1.49. The van der Waals surface area contributed by atoms with Crippen molar-refractivity contribution in [2.24, 2.45) is 5.16 Å². The van der Waals surface area contributed by atoms with Crippen LogP contribution in [0.2, 0.25) is 0 Å². The Morgan fingerprint density at radius 3 is 2.45 bits per heavy atom. The second kappa shape index (κ2) is 4.32. The molecular weight excluding hydrogens is 262 g/mol. The van der Waals surface area contributed by atoms with Gasteiger partial charge in [-0.2, -0.15) is 4.74 Å². The predicted octanol–water partition coefficient (Wildman–Crippen LogP) is 1.94. The second-order valence-corrected chi connectivity index (χ2v) is 5.63. The van der Waals surface area contributed by atoms with Gasteiger partial charge in [-0.05, 0) is 39.8 Å².